The fourth-order valence-electron chi connectivity index (χ4n) is 1.58. The van der Waals surface area contributed by atoms with Crippen LogP contribution in [0.5, 0.6) is 0 Å². The molecule has 1 aromatic carbocycles. The molecule has 1 aromatic rings. The lowest BCUT2D eigenvalue weighted by atomic mass is 10.1. The number of hydrogen-bond donors (Lipinski definition) is 1. The maximum absolute atomic E-state index is 11.4. The van der Waals surface area contributed by atoms with Gasteiger partial charge in [-0.3, -0.25) is 4.79 Å². The van der Waals surface area contributed by atoms with Gasteiger partial charge in [0, 0.05) is 19.4 Å². The highest BCUT2D eigenvalue weighted by molar-refractivity contribution is 5.75. The van der Waals surface area contributed by atoms with Gasteiger partial charge in [0.1, 0.15) is 0 Å². The first-order valence-corrected chi connectivity index (χ1v) is 6.00. The lowest BCUT2D eigenvalue weighted by Gasteiger charge is -2.03. The van der Waals surface area contributed by atoms with E-state index in [1.165, 1.54) is 5.56 Å². The van der Waals surface area contributed by atoms with Crippen LogP contribution in [0.1, 0.15) is 31.2 Å². The second-order valence-corrected chi connectivity index (χ2v) is 3.95. The van der Waals surface area contributed by atoms with Gasteiger partial charge in [0.25, 0.3) is 0 Å². The molecule has 0 radical (unpaired) electrons. The van der Waals surface area contributed by atoms with Crippen molar-refractivity contribution in [2.45, 2.75) is 32.1 Å². The Hall–Kier alpha value is -1.82. The van der Waals surface area contributed by atoms with E-state index in [2.05, 4.69) is 23.5 Å². The van der Waals surface area contributed by atoms with E-state index in [4.69, 9.17) is 5.26 Å². The smallest absolute Gasteiger partial charge is 0.220 e. The number of rotatable bonds is 7. The molecule has 0 saturated heterocycles. The minimum Gasteiger partial charge on any atom is -0.356 e. The van der Waals surface area contributed by atoms with Gasteiger partial charge in [0.15, 0.2) is 0 Å². The standard InChI is InChI=1S/C14H18N2O/c15-11-4-5-12-16-14(17)10-6-9-13-7-2-1-3-8-13/h1-3,7-8H,4-6,9-10,12H2,(H,16,17). The normalized spacial score (nSPS) is 9.59. The summed E-state index contributed by atoms with van der Waals surface area (Å²) in [5, 5.41) is 11.1. The Morgan fingerprint density at radius 3 is 2.71 bits per heavy atom. The van der Waals surface area contributed by atoms with E-state index in [0.29, 0.717) is 19.4 Å². The van der Waals surface area contributed by atoms with Crippen molar-refractivity contribution in [1.29, 1.82) is 5.26 Å². The third-order valence-corrected chi connectivity index (χ3v) is 2.50. The number of carbonyl (C=O) groups excluding carboxylic acids is 1. The number of nitrogens with zero attached hydrogens (tertiary/aromatic N) is 1. The molecule has 0 aliphatic heterocycles. The van der Waals surface area contributed by atoms with Gasteiger partial charge < -0.3 is 5.32 Å². The molecule has 0 spiro atoms. The summed E-state index contributed by atoms with van der Waals surface area (Å²) in [5.74, 6) is 0.0823. The van der Waals surface area contributed by atoms with Gasteiger partial charge in [-0.15, -0.1) is 0 Å². The molecule has 0 aromatic heterocycles. The van der Waals surface area contributed by atoms with E-state index in [0.717, 1.165) is 19.3 Å². The molecule has 90 valence electrons. The third kappa shape index (κ3) is 6.36. The third-order valence-electron chi connectivity index (χ3n) is 2.50. The van der Waals surface area contributed by atoms with Crippen molar-refractivity contribution in [1.82, 2.24) is 5.32 Å². The molecule has 17 heavy (non-hydrogen) atoms. The molecule has 0 saturated carbocycles. The van der Waals surface area contributed by atoms with Crippen molar-refractivity contribution in [3.05, 3.63) is 35.9 Å². The van der Waals surface area contributed by atoms with Crippen molar-refractivity contribution in [2.75, 3.05) is 6.54 Å². The molecular formula is C14H18N2O. The van der Waals surface area contributed by atoms with Crippen LogP contribution in [0.25, 0.3) is 0 Å². The zero-order valence-corrected chi connectivity index (χ0v) is 9.98. The molecule has 0 fully saturated rings. The summed E-state index contributed by atoms with van der Waals surface area (Å²) >= 11 is 0. The summed E-state index contributed by atoms with van der Waals surface area (Å²) in [7, 11) is 0. The lowest BCUT2D eigenvalue weighted by molar-refractivity contribution is -0.121. The van der Waals surface area contributed by atoms with Crippen LogP contribution >= 0.6 is 0 Å². The predicted molar refractivity (Wildman–Crippen MR) is 67.2 cm³/mol. The topological polar surface area (TPSA) is 52.9 Å². The largest absolute Gasteiger partial charge is 0.356 e. The Balaban J connectivity index is 2.07. The number of nitriles is 1. The van der Waals surface area contributed by atoms with Crippen LogP contribution in [-0.2, 0) is 11.2 Å². The lowest BCUT2D eigenvalue weighted by Crippen LogP contribution is -2.24. The summed E-state index contributed by atoms with van der Waals surface area (Å²) in [6, 6.07) is 12.2. The van der Waals surface area contributed by atoms with Crippen molar-refractivity contribution in [2.24, 2.45) is 0 Å². The first kappa shape index (κ1) is 13.2. The number of carbonyl (C=O) groups is 1. The highest BCUT2D eigenvalue weighted by Gasteiger charge is 2.00. The highest BCUT2D eigenvalue weighted by atomic mass is 16.1. The van der Waals surface area contributed by atoms with Gasteiger partial charge in [-0.1, -0.05) is 30.3 Å². The number of unbranched alkanes of at least 4 members (excludes halogenated alkanes) is 1. The molecular weight excluding hydrogens is 212 g/mol. The number of amides is 1. The zero-order chi connectivity index (χ0) is 12.3. The van der Waals surface area contributed by atoms with Gasteiger partial charge in [-0.25, -0.2) is 0 Å². The molecule has 0 bridgehead atoms. The van der Waals surface area contributed by atoms with Gasteiger partial charge >= 0.3 is 0 Å². The fourth-order valence-corrected chi connectivity index (χ4v) is 1.58. The van der Waals surface area contributed by atoms with Crippen molar-refractivity contribution >= 4 is 5.91 Å². The molecule has 0 unspecified atom stereocenters. The van der Waals surface area contributed by atoms with Gasteiger partial charge in [0.2, 0.25) is 5.91 Å². The number of nitrogens with one attached hydrogen (secondary N) is 1. The Morgan fingerprint density at radius 2 is 2.00 bits per heavy atom. The number of hydrogen-bond acceptors (Lipinski definition) is 2. The van der Waals surface area contributed by atoms with Gasteiger partial charge in [0.05, 0.1) is 6.07 Å². The summed E-state index contributed by atoms with van der Waals surface area (Å²) in [5.41, 5.74) is 1.27. The van der Waals surface area contributed by atoms with E-state index < -0.39 is 0 Å². The fraction of sp³-hybridized carbons (Fsp3) is 0.429. The van der Waals surface area contributed by atoms with E-state index in [9.17, 15) is 4.79 Å². The summed E-state index contributed by atoms with van der Waals surface area (Å²) in [4.78, 5) is 11.4. The van der Waals surface area contributed by atoms with Crippen molar-refractivity contribution in [3.8, 4) is 6.07 Å². The van der Waals surface area contributed by atoms with Crippen LogP contribution in [0.4, 0.5) is 0 Å². The van der Waals surface area contributed by atoms with E-state index in [1.54, 1.807) is 0 Å². The minimum absolute atomic E-state index is 0.0823. The van der Waals surface area contributed by atoms with Gasteiger partial charge in [-0.05, 0) is 24.8 Å². The van der Waals surface area contributed by atoms with Crippen LogP contribution in [0, 0.1) is 11.3 Å². The quantitative estimate of drug-likeness (QED) is 0.731. The van der Waals surface area contributed by atoms with Crippen molar-refractivity contribution in [3.63, 3.8) is 0 Å². The van der Waals surface area contributed by atoms with E-state index in [1.807, 2.05) is 18.2 Å². The van der Waals surface area contributed by atoms with Crippen LogP contribution in [0.3, 0.4) is 0 Å². The molecule has 0 heterocycles. The Bertz CT molecular complexity index is 368. The highest BCUT2D eigenvalue weighted by Crippen LogP contribution is 2.04. The summed E-state index contributed by atoms with van der Waals surface area (Å²) in [6.45, 7) is 0.609. The number of aryl methyl sites for hydroxylation is 1. The monoisotopic (exact) mass is 230 g/mol. The van der Waals surface area contributed by atoms with Crippen LogP contribution < -0.4 is 5.32 Å². The second-order valence-electron chi connectivity index (χ2n) is 3.95. The first-order chi connectivity index (χ1) is 8.33. The SMILES string of the molecule is N#CCCCNC(=O)CCCc1ccccc1. The molecule has 3 heteroatoms. The molecule has 0 atom stereocenters. The minimum atomic E-state index is 0.0823. The first-order valence-electron chi connectivity index (χ1n) is 6.00. The summed E-state index contributed by atoms with van der Waals surface area (Å²) < 4.78 is 0. The maximum Gasteiger partial charge on any atom is 0.220 e. The molecule has 1 amide bonds. The molecule has 1 N–H and O–H groups in total. The second kappa shape index (κ2) is 8.35. The number of benzene rings is 1. The van der Waals surface area contributed by atoms with E-state index in [-0.39, 0.29) is 5.91 Å². The van der Waals surface area contributed by atoms with Crippen LogP contribution in [0.2, 0.25) is 0 Å². The van der Waals surface area contributed by atoms with Crippen LogP contribution in [0.15, 0.2) is 30.3 Å². The molecule has 3 nitrogen and oxygen atoms in total. The van der Waals surface area contributed by atoms with Crippen LogP contribution in [-0.4, -0.2) is 12.5 Å². The van der Waals surface area contributed by atoms with Gasteiger partial charge in [-0.2, -0.15) is 5.26 Å². The molecule has 0 aliphatic rings. The Kier molecular flexibility index (Phi) is 6.50. The Morgan fingerprint density at radius 1 is 1.24 bits per heavy atom. The Labute approximate surface area is 102 Å². The zero-order valence-electron chi connectivity index (χ0n) is 9.98. The maximum atomic E-state index is 11.4. The van der Waals surface area contributed by atoms with E-state index >= 15 is 0 Å². The average molecular weight is 230 g/mol. The predicted octanol–water partition coefficient (Wildman–Crippen LogP) is 2.43. The molecule has 1 rings (SSSR count). The summed E-state index contributed by atoms with van der Waals surface area (Å²) in [6.07, 6.45) is 3.60. The van der Waals surface area contributed by atoms with Crippen molar-refractivity contribution < 1.29 is 4.79 Å². The average Bonchev–Trinajstić information content (AvgIpc) is 2.36. The molecule has 0 aliphatic carbocycles.